The molecule has 0 aliphatic heterocycles. The summed E-state index contributed by atoms with van der Waals surface area (Å²) in [5, 5.41) is 9.28. The van der Waals surface area contributed by atoms with E-state index in [0.717, 1.165) is 71.8 Å². The Morgan fingerprint density at radius 1 is 0.276 bits per heavy atom. The summed E-state index contributed by atoms with van der Waals surface area (Å²) in [4.78, 5) is 0. The maximum atomic E-state index is 6.59. The summed E-state index contributed by atoms with van der Waals surface area (Å²) in [6, 6.07) is 69.5. The molecule has 13 rings (SSSR count). The van der Waals surface area contributed by atoms with E-state index in [4.69, 9.17) is 8.83 Å². The van der Waals surface area contributed by atoms with Crippen LogP contribution in [0.5, 0.6) is 0 Å². The lowest BCUT2D eigenvalue weighted by Gasteiger charge is -2.10. The van der Waals surface area contributed by atoms with E-state index < -0.39 is 0 Å². The SMILES string of the molecule is c1ccc(-c2ccc3oc4cc(-n5c6ccccc6c6ccc7c(c8ccccc8n7-c7ccc8oc9ccc(-c%10ccccc%10)cc9c8c7)c65)ccc4c3c2)cc1. The van der Waals surface area contributed by atoms with Gasteiger partial charge in [0.2, 0.25) is 0 Å². The maximum absolute atomic E-state index is 6.59. The summed E-state index contributed by atoms with van der Waals surface area (Å²) in [6.45, 7) is 0. The van der Waals surface area contributed by atoms with Crippen LogP contribution in [0.1, 0.15) is 0 Å². The summed E-state index contributed by atoms with van der Waals surface area (Å²) in [7, 11) is 0. The number of furan rings is 2. The second-order valence-electron chi connectivity index (χ2n) is 15.3. The molecule has 58 heavy (non-hydrogen) atoms. The lowest BCUT2D eigenvalue weighted by Crippen LogP contribution is -1.95. The molecule has 0 unspecified atom stereocenters. The van der Waals surface area contributed by atoms with E-state index >= 15 is 0 Å². The minimum Gasteiger partial charge on any atom is -0.456 e. The number of hydrogen-bond acceptors (Lipinski definition) is 2. The van der Waals surface area contributed by atoms with Gasteiger partial charge in [0.15, 0.2) is 0 Å². The zero-order chi connectivity index (χ0) is 37.9. The van der Waals surface area contributed by atoms with E-state index in [1.807, 2.05) is 0 Å². The molecule has 4 nitrogen and oxygen atoms in total. The fourth-order valence-corrected chi connectivity index (χ4v) is 9.48. The third-order valence-electron chi connectivity index (χ3n) is 12.1. The van der Waals surface area contributed by atoms with Gasteiger partial charge >= 0.3 is 0 Å². The Hall–Kier alpha value is -7.82. The highest BCUT2D eigenvalue weighted by Crippen LogP contribution is 2.44. The van der Waals surface area contributed by atoms with Crippen LogP contribution in [0.25, 0.3) is 121 Å². The molecule has 0 saturated carbocycles. The Labute approximate surface area is 332 Å². The smallest absolute Gasteiger partial charge is 0.137 e. The van der Waals surface area contributed by atoms with Gasteiger partial charge in [-0.05, 0) is 95.1 Å². The van der Waals surface area contributed by atoms with E-state index in [9.17, 15) is 0 Å². The Bertz CT molecular complexity index is 3790. The van der Waals surface area contributed by atoms with E-state index in [1.165, 1.54) is 49.3 Å². The number of para-hydroxylation sites is 2. The standard InChI is InChI=1S/C54H32N2O2/c1-3-11-33(12-4-1)35-19-26-49-43(29-35)40-23-21-38(32-52(40)58-49)56-46-17-9-7-15-39(46)41-24-25-48-53(54(41)56)42-16-8-10-18-47(42)55(48)37-22-28-51-45(31-37)44-30-36(20-27-50(44)57-51)34-13-5-2-6-14-34/h1-32H. The normalized spacial score (nSPS) is 12.1. The van der Waals surface area contributed by atoms with Crippen molar-refractivity contribution in [3.63, 3.8) is 0 Å². The molecular formula is C54H32N2O2. The van der Waals surface area contributed by atoms with Gasteiger partial charge < -0.3 is 18.0 Å². The fourth-order valence-electron chi connectivity index (χ4n) is 9.48. The molecule has 4 heterocycles. The van der Waals surface area contributed by atoms with Crippen molar-refractivity contribution < 1.29 is 8.83 Å². The van der Waals surface area contributed by atoms with Crippen LogP contribution in [0, 0.1) is 0 Å². The first kappa shape index (κ1) is 31.4. The minimum absolute atomic E-state index is 0.870. The zero-order valence-electron chi connectivity index (χ0n) is 31.2. The Morgan fingerprint density at radius 2 is 0.793 bits per heavy atom. The summed E-state index contributed by atoms with van der Waals surface area (Å²) in [6.07, 6.45) is 0. The molecule has 9 aromatic carbocycles. The van der Waals surface area contributed by atoms with Crippen LogP contribution >= 0.6 is 0 Å². The van der Waals surface area contributed by atoms with Gasteiger partial charge in [0.1, 0.15) is 22.3 Å². The highest BCUT2D eigenvalue weighted by atomic mass is 16.3. The largest absolute Gasteiger partial charge is 0.456 e. The van der Waals surface area contributed by atoms with Crippen LogP contribution in [0.3, 0.4) is 0 Å². The van der Waals surface area contributed by atoms with Crippen LogP contribution in [-0.2, 0) is 0 Å². The molecule has 0 aliphatic rings. The second-order valence-corrected chi connectivity index (χ2v) is 15.3. The van der Waals surface area contributed by atoms with Crippen LogP contribution in [0.4, 0.5) is 0 Å². The molecule has 0 bridgehead atoms. The van der Waals surface area contributed by atoms with Crippen molar-refractivity contribution in [3.8, 4) is 33.6 Å². The van der Waals surface area contributed by atoms with Crippen molar-refractivity contribution in [2.45, 2.75) is 0 Å². The predicted octanol–water partition coefficient (Wildman–Crippen LogP) is 15.0. The number of benzene rings is 9. The number of hydrogen-bond donors (Lipinski definition) is 0. The summed E-state index contributed by atoms with van der Waals surface area (Å²) in [5.74, 6) is 0. The molecule has 13 aromatic rings. The quantitative estimate of drug-likeness (QED) is 0.180. The molecule has 0 aliphatic carbocycles. The van der Waals surface area contributed by atoms with Gasteiger partial charge in [0.05, 0.1) is 22.1 Å². The first-order chi connectivity index (χ1) is 28.7. The van der Waals surface area contributed by atoms with Crippen LogP contribution in [-0.4, -0.2) is 9.13 Å². The van der Waals surface area contributed by atoms with Gasteiger partial charge in [-0.25, -0.2) is 0 Å². The first-order valence-electron chi connectivity index (χ1n) is 19.7. The minimum atomic E-state index is 0.870. The van der Waals surface area contributed by atoms with Gasteiger partial charge in [0, 0.05) is 60.5 Å². The first-order valence-corrected chi connectivity index (χ1v) is 19.7. The number of fused-ring (bicyclic) bond motifs is 13. The third-order valence-corrected chi connectivity index (χ3v) is 12.1. The average Bonchev–Trinajstić information content (AvgIpc) is 4.03. The topological polar surface area (TPSA) is 36.1 Å². The van der Waals surface area contributed by atoms with Gasteiger partial charge in [-0.15, -0.1) is 0 Å². The summed E-state index contributed by atoms with van der Waals surface area (Å²) < 4.78 is 17.8. The predicted molar refractivity (Wildman–Crippen MR) is 241 cm³/mol. The molecule has 0 saturated heterocycles. The average molecular weight is 741 g/mol. The van der Waals surface area contributed by atoms with Crippen LogP contribution < -0.4 is 0 Å². The fraction of sp³-hybridized carbons (Fsp3) is 0. The number of aromatic nitrogens is 2. The van der Waals surface area contributed by atoms with Crippen molar-refractivity contribution in [2.75, 3.05) is 0 Å². The van der Waals surface area contributed by atoms with Crippen LogP contribution in [0.2, 0.25) is 0 Å². The highest BCUT2D eigenvalue weighted by molar-refractivity contribution is 6.26. The Kier molecular flexibility index (Phi) is 6.41. The van der Waals surface area contributed by atoms with E-state index in [-0.39, 0.29) is 0 Å². The number of rotatable bonds is 4. The molecule has 4 heteroatoms. The Morgan fingerprint density at radius 3 is 1.50 bits per heavy atom. The van der Waals surface area contributed by atoms with E-state index in [2.05, 4.69) is 203 Å². The van der Waals surface area contributed by atoms with Crippen molar-refractivity contribution in [1.82, 2.24) is 9.13 Å². The summed E-state index contributed by atoms with van der Waals surface area (Å²) >= 11 is 0. The van der Waals surface area contributed by atoms with Gasteiger partial charge in [-0.2, -0.15) is 0 Å². The van der Waals surface area contributed by atoms with E-state index in [0.29, 0.717) is 0 Å². The van der Waals surface area contributed by atoms with Gasteiger partial charge in [-0.1, -0.05) is 115 Å². The molecule has 0 fully saturated rings. The highest BCUT2D eigenvalue weighted by Gasteiger charge is 2.22. The molecule has 0 amide bonds. The van der Waals surface area contributed by atoms with Crippen molar-refractivity contribution in [3.05, 3.63) is 194 Å². The molecule has 0 N–H and O–H groups in total. The lowest BCUT2D eigenvalue weighted by atomic mass is 10.0. The van der Waals surface area contributed by atoms with Crippen LogP contribution in [0.15, 0.2) is 203 Å². The lowest BCUT2D eigenvalue weighted by molar-refractivity contribution is 0.668. The monoisotopic (exact) mass is 740 g/mol. The summed E-state index contributed by atoms with van der Waals surface area (Å²) in [5.41, 5.74) is 15.0. The zero-order valence-corrected chi connectivity index (χ0v) is 31.2. The van der Waals surface area contributed by atoms with Crippen molar-refractivity contribution in [2.24, 2.45) is 0 Å². The molecular weight excluding hydrogens is 709 g/mol. The van der Waals surface area contributed by atoms with Crippen molar-refractivity contribution in [1.29, 1.82) is 0 Å². The molecule has 0 atom stereocenters. The molecule has 0 spiro atoms. The molecule has 0 radical (unpaired) electrons. The van der Waals surface area contributed by atoms with Gasteiger partial charge in [0.25, 0.3) is 0 Å². The maximum Gasteiger partial charge on any atom is 0.137 e. The van der Waals surface area contributed by atoms with Crippen molar-refractivity contribution >= 4 is 87.5 Å². The Balaban J connectivity index is 1.05. The second kappa shape index (κ2) is 11.8. The molecule has 4 aromatic heterocycles. The number of nitrogens with zero attached hydrogens (tertiary/aromatic N) is 2. The molecule has 270 valence electrons. The van der Waals surface area contributed by atoms with E-state index in [1.54, 1.807) is 0 Å². The van der Waals surface area contributed by atoms with Gasteiger partial charge in [-0.3, -0.25) is 0 Å². The third kappa shape index (κ3) is 4.45.